The third-order valence-electron chi connectivity index (χ3n) is 5.36. The zero-order chi connectivity index (χ0) is 20.9. The molecule has 4 rings (SSSR count). The molecular formula is C23H23FN4O2. The van der Waals surface area contributed by atoms with Gasteiger partial charge in [0.25, 0.3) is 0 Å². The maximum Gasteiger partial charge on any atom is 0.229 e. The maximum atomic E-state index is 13.1. The van der Waals surface area contributed by atoms with Gasteiger partial charge in [-0.05, 0) is 48.7 Å². The third kappa shape index (κ3) is 4.74. The van der Waals surface area contributed by atoms with Gasteiger partial charge in [0.05, 0.1) is 18.0 Å². The van der Waals surface area contributed by atoms with Crippen molar-refractivity contribution in [1.29, 1.82) is 0 Å². The SMILES string of the molecule is O=C(Nc1cccc(-c2ccn[nH]2)c1)C1CCCN(C(=O)Cc2ccc(F)cc2)C1. The van der Waals surface area contributed by atoms with E-state index in [0.29, 0.717) is 18.8 Å². The first-order chi connectivity index (χ1) is 14.6. The predicted molar refractivity (Wildman–Crippen MR) is 112 cm³/mol. The Balaban J connectivity index is 1.37. The molecule has 1 fully saturated rings. The maximum absolute atomic E-state index is 13.1. The molecule has 1 aliphatic heterocycles. The molecule has 1 atom stereocenters. The third-order valence-corrected chi connectivity index (χ3v) is 5.36. The van der Waals surface area contributed by atoms with E-state index in [4.69, 9.17) is 0 Å². The summed E-state index contributed by atoms with van der Waals surface area (Å²) in [6.45, 7) is 1.03. The lowest BCUT2D eigenvalue weighted by atomic mass is 9.96. The molecule has 7 heteroatoms. The molecule has 0 saturated carbocycles. The van der Waals surface area contributed by atoms with Gasteiger partial charge in [-0.1, -0.05) is 24.3 Å². The highest BCUT2D eigenvalue weighted by atomic mass is 19.1. The van der Waals surface area contributed by atoms with Crippen molar-refractivity contribution in [2.45, 2.75) is 19.3 Å². The number of likely N-dealkylation sites (tertiary alicyclic amines) is 1. The van der Waals surface area contributed by atoms with Crippen LogP contribution in [0.15, 0.2) is 60.8 Å². The van der Waals surface area contributed by atoms with Crippen molar-refractivity contribution in [1.82, 2.24) is 15.1 Å². The van der Waals surface area contributed by atoms with Crippen molar-refractivity contribution in [3.8, 4) is 11.3 Å². The van der Waals surface area contributed by atoms with Crippen molar-refractivity contribution in [3.63, 3.8) is 0 Å². The van der Waals surface area contributed by atoms with Crippen LogP contribution >= 0.6 is 0 Å². The Kier molecular flexibility index (Phi) is 5.88. The first-order valence-corrected chi connectivity index (χ1v) is 10.0. The normalized spacial score (nSPS) is 16.3. The first-order valence-electron chi connectivity index (χ1n) is 10.0. The molecule has 30 heavy (non-hydrogen) atoms. The van der Waals surface area contributed by atoms with Crippen LogP contribution in [0.1, 0.15) is 18.4 Å². The van der Waals surface area contributed by atoms with Gasteiger partial charge in [-0.2, -0.15) is 5.10 Å². The number of benzene rings is 2. The van der Waals surface area contributed by atoms with Gasteiger partial charge in [-0.15, -0.1) is 0 Å². The van der Waals surface area contributed by atoms with E-state index in [2.05, 4.69) is 15.5 Å². The van der Waals surface area contributed by atoms with Gasteiger partial charge in [0.2, 0.25) is 11.8 Å². The van der Waals surface area contributed by atoms with Crippen LogP contribution in [0.25, 0.3) is 11.3 Å². The Morgan fingerprint density at radius 3 is 2.77 bits per heavy atom. The fourth-order valence-corrected chi connectivity index (χ4v) is 3.73. The molecule has 1 aromatic heterocycles. The second-order valence-corrected chi connectivity index (χ2v) is 7.52. The average molecular weight is 406 g/mol. The van der Waals surface area contributed by atoms with Gasteiger partial charge in [0.15, 0.2) is 0 Å². The van der Waals surface area contributed by atoms with Gasteiger partial charge < -0.3 is 10.2 Å². The number of nitrogens with zero attached hydrogens (tertiary/aromatic N) is 2. The predicted octanol–water partition coefficient (Wildman–Crippen LogP) is 3.64. The summed E-state index contributed by atoms with van der Waals surface area (Å²) in [6.07, 6.45) is 3.41. The molecule has 0 radical (unpaired) electrons. The standard InChI is InChI=1S/C23H23FN4O2/c24-19-8-6-16(7-9-19)13-22(29)28-12-2-4-18(15-28)23(30)26-20-5-1-3-17(14-20)21-10-11-25-27-21/h1,3,5-11,14,18H,2,4,12-13,15H2,(H,25,27)(H,26,30). The van der Waals surface area contributed by atoms with Gasteiger partial charge in [-0.3, -0.25) is 14.7 Å². The molecule has 1 saturated heterocycles. The minimum absolute atomic E-state index is 0.0413. The molecule has 0 bridgehead atoms. The summed E-state index contributed by atoms with van der Waals surface area (Å²) in [5, 5.41) is 9.84. The van der Waals surface area contributed by atoms with Crippen LogP contribution in [-0.2, 0) is 16.0 Å². The van der Waals surface area contributed by atoms with Crippen LogP contribution in [-0.4, -0.2) is 40.0 Å². The lowest BCUT2D eigenvalue weighted by Crippen LogP contribution is -2.44. The number of carbonyl (C=O) groups excluding carboxylic acids is 2. The van der Waals surface area contributed by atoms with Crippen LogP contribution in [0, 0.1) is 11.7 Å². The van der Waals surface area contributed by atoms with Crippen molar-refractivity contribution in [3.05, 3.63) is 72.2 Å². The van der Waals surface area contributed by atoms with E-state index in [9.17, 15) is 14.0 Å². The summed E-state index contributed by atoms with van der Waals surface area (Å²) in [6, 6.07) is 15.4. The van der Waals surface area contributed by atoms with E-state index >= 15 is 0 Å². The molecule has 0 spiro atoms. The van der Waals surface area contributed by atoms with E-state index in [1.54, 1.807) is 23.2 Å². The number of aromatic nitrogens is 2. The smallest absolute Gasteiger partial charge is 0.229 e. The Morgan fingerprint density at radius 1 is 1.17 bits per heavy atom. The van der Waals surface area contributed by atoms with Crippen molar-refractivity contribution >= 4 is 17.5 Å². The average Bonchev–Trinajstić information content (AvgIpc) is 3.31. The number of halogens is 1. The fourth-order valence-electron chi connectivity index (χ4n) is 3.73. The number of aromatic amines is 1. The van der Waals surface area contributed by atoms with Crippen LogP contribution in [0.5, 0.6) is 0 Å². The second-order valence-electron chi connectivity index (χ2n) is 7.52. The summed E-state index contributed by atoms with van der Waals surface area (Å²) >= 11 is 0. The fraction of sp³-hybridized carbons (Fsp3) is 0.261. The molecule has 2 amide bonds. The van der Waals surface area contributed by atoms with Crippen LogP contribution in [0.4, 0.5) is 10.1 Å². The number of amides is 2. The Hall–Kier alpha value is -3.48. The molecule has 1 unspecified atom stereocenters. The summed E-state index contributed by atoms with van der Waals surface area (Å²) in [7, 11) is 0. The summed E-state index contributed by atoms with van der Waals surface area (Å²) in [5.41, 5.74) is 3.29. The van der Waals surface area contributed by atoms with Crippen molar-refractivity contribution in [2.24, 2.45) is 5.92 Å². The first kappa shape index (κ1) is 19.8. The number of anilines is 1. The lowest BCUT2D eigenvalue weighted by Gasteiger charge is -2.32. The molecule has 2 N–H and O–H groups in total. The topological polar surface area (TPSA) is 78.1 Å². The number of piperidine rings is 1. The molecule has 154 valence electrons. The van der Waals surface area contributed by atoms with Gasteiger partial charge in [0.1, 0.15) is 5.82 Å². The quantitative estimate of drug-likeness (QED) is 0.679. The van der Waals surface area contributed by atoms with Crippen molar-refractivity contribution in [2.75, 3.05) is 18.4 Å². The second kappa shape index (κ2) is 8.90. The Labute approximate surface area is 174 Å². The minimum atomic E-state index is -0.322. The molecule has 6 nitrogen and oxygen atoms in total. The minimum Gasteiger partial charge on any atom is -0.342 e. The Morgan fingerprint density at radius 2 is 2.00 bits per heavy atom. The monoisotopic (exact) mass is 406 g/mol. The molecular weight excluding hydrogens is 383 g/mol. The largest absolute Gasteiger partial charge is 0.342 e. The van der Waals surface area contributed by atoms with Crippen LogP contribution < -0.4 is 5.32 Å². The van der Waals surface area contributed by atoms with Gasteiger partial charge >= 0.3 is 0 Å². The van der Waals surface area contributed by atoms with Crippen LogP contribution in [0.3, 0.4) is 0 Å². The lowest BCUT2D eigenvalue weighted by molar-refractivity contribution is -0.133. The van der Waals surface area contributed by atoms with E-state index in [-0.39, 0.29) is 30.0 Å². The number of hydrogen-bond donors (Lipinski definition) is 2. The molecule has 3 aromatic rings. The van der Waals surface area contributed by atoms with Crippen molar-refractivity contribution < 1.29 is 14.0 Å². The molecule has 2 aromatic carbocycles. The highest BCUT2D eigenvalue weighted by Gasteiger charge is 2.28. The zero-order valence-electron chi connectivity index (χ0n) is 16.5. The molecule has 0 aliphatic carbocycles. The molecule has 1 aliphatic rings. The van der Waals surface area contributed by atoms with E-state index in [0.717, 1.165) is 29.7 Å². The number of nitrogens with one attached hydrogen (secondary N) is 2. The number of carbonyl (C=O) groups is 2. The number of H-pyrrole nitrogens is 1. The van der Waals surface area contributed by atoms with Gasteiger partial charge in [-0.25, -0.2) is 4.39 Å². The Bertz CT molecular complexity index is 1020. The van der Waals surface area contributed by atoms with Crippen LogP contribution in [0.2, 0.25) is 0 Å². The summed E-state index contributed by atoms with van der Waals surface area (Å²) in [4.78, 5) is 27.2. The van der Waals surface area contributed by atoms with E-state index in [1.165, 1.54) is 12.1 Å². The van der Waals surface area contributed by atoms with E-state index < -0.39 is 0 Å². The van der Waals surface area contributed by atoms with E-state index in [1.807, 2.05) is 30.3 Å². The number of hydrogen-bond acceptors (Lipinski definition) is 3. The zero-order valence-corrected chi connectivity index (χ0v) is 16.5. The highest BCUT2D eigenvalue weighted by Crippen LogP contribution is 2.23. The van der Waals surface area contributed by atoms with Gasteiger partial charge in [0, 0.05) is 30.5 Å². The number of rotatable bonds is 5. The highest BCUT2D eigenvalue weighted by molar-refractivity contribution is 5.93. The molecule has 2 heterocycles. The summed E-state index contributed by atoms with van der Waals surface area (Å²) < 4.78 is 13.1. The summed E-state index contributed by atoms with van der Waals surface area (Å²) in [5.74, 6) is -0.708.